The minimum absolute atomic E-state index is 0.508. The van der Waals surface area contributed by atoms with Crippen molar-refractivity contribution in [3.05, 3.63) is 29.5 Å². The van der Waals surface area contributed by atoms with Crippen molar-refractivity contribution in [3.8, 4) is 0 Å². The van der Waals surface area contributed by atoms with Crippen LogP contribution in [0, 0.1) is 0 Å². The molecule has 1 fully saturated rings. The van der Waals surface area contributed by atoms with Crippen molar-refractivity contribution in [1.82, 2.24) is 15.0 Å². The molecule has 100 valence electrons. The maximum Gasteiger partial charge on any atom is 0.225 e. The molecule has 2 N–H and O–H groups in total. The van der Waals surface area contributed by atoms with E-state index in [1.807, 2.05) is 11.4 Å². The maximum atomic E-state index is 5.59. The summed E-state index contributed by atoms with van der Waals surface area (Å²) in [6, 6.07) is 1.84. The lowest BCUT2D eigenvalue weighted by Gasteiger charge is -2.34. The van der Waals surface area contributed by atoms with Gasteiger partial charge in [-0.25, -0.2) is 15.0 Å². The summed E-state index contributed by atoms with van der Waals surface area (Å²) in [5.41, 5.74) is 6.56. The first-order valence-corrected chi connectivity index (χ1v) is 7.16. The lowest BCUT2D eigenvalue weighted by atomic mass is 10.3. The van der Waals surface area contributed by atoms with Crippen LogP contribution < -0.4 is 15.5 Å². The highest BCUT2D eigenvalue weighted by Gasteiger charge is 2.20. The maximum absolute atomic E-state index is 5.59. The van der Waals surface area contributed by atoms with Crippen molar-refractivity contribution in [2.45, 2.75) is 6.54 Å². The average molecular weight is 276 g/mol. The highest BCUT2D eigenvalue weighted by molar-refractivity contribution is 7.13. The van der Waals surface area contributed by atoms with Crippen molar-refractivity contribution in [3.63, 3.8) is 0 Å². The van der Waals surface area contributed by atoms with Gasteiger partial charge in [0.05, 0.1) is 5.69 Å². The van der Waals surface area contributed by atoms with Gasteiger partial charge in [-0.2, -0.15) is 0 Å². The van der Waals surface area contributed by atoms with Crippen molar-refractivity contribution in [2.75, 3.05) is 36.0 Å². The highest BCUT2D eigenvalue weighted by Crippen LogP contribution is 2.22. The Morgan fingerprint density at radius 3 is 2.42 bits per heavy atom. The Labute approximate surface area is 115 Å². The van der Waals surface area contributed by atoms with E-state index >= 15 is 0 Å². The molecule has 1 aliphatic heterocycles. The van der Waals surface area contributed by atoms with E-state index in [2.05, 4.69) is 24.8 Å². The van der Waals surface area contributed by atoms with E-state index in [1.165, 1.54) is 0 Å². The fourth-order valence-electron chi connectivity index (χ4n) is 2.09. The fraction of sp³-hybridized carbons (Fsp3) is 0.417. The van der Waals surface area contributed by atoms with Gasteiger partial charge in [0.25, 0.3) is 0 Å². The predicted molar refractivity (Wildman–Crippen MR) is 76.5 cm³/mol. The molecular formula is C12H16N6S. The van der Waals surface area contributed by atoms with Crippen LogP contribution in [0.15, 0.2) is 23.8 Å². The van der Waals surface area contributed by atoms with Gasteiger partial charge < -0.3 is 15.5 Å². The molecule has 3 heterocycles. The van der Waals surface area contributed by atoms with Gasteiger partial charge in [-0.15, -0.1) is 11.3 Å². The summed E-state index contributed by atoms with van der Waals surface area (Å²) >= 11 is 1.66. The highest BCUT2D eigenvalue weighted by atomic mass is 32.1. The molecule has 1 aliphatic rings. The largest absolute Gasteiger partial charge is 0.345 e. The van der Waals surface area contributed by atoms with Crippen LogP contribution in [-0.2, 0) is 6.54 Å². The van der Waals surface area contributed by atoms with Crippen molar-refractivity contribution in [1.29, 1.82) is 0 Å². The van der Waals surface area contributed by atoms with Crippen LogP contribution >= 0.6 is 11.3 Å². The molecule has 3 rings (SSSR count). The zero-order valence-corrected chi connectivity index (χ0v) is 11.4. The third-order valence-corrected chi connectivity index (χ3v) is 4.08. The number of nitrogens with two attached hydrogens (primary N) is 1. The second kappa shape index (κ2) is 5.50. The molecule has 6 nitrogen and oxygen atoms in total. The normalized spacial score (nSPS) is 15.8. The van der Waals surface area contributed by atoms with Crippen LogP contribution in [0.4, 0.5) is 11.1 Å². The molecule has 0 aliphatic carbocycles. The molecule has 2 aromatic rings. The van der Waals surface area contributed by atoms with E-state index in [4.69, 9.17) is 5.73 Å². The summed E-state index contributed by atoms with van der Waals surface area (Å²) in [6.07, 6.45) is 3.56. The van der Waals surface area contributed by atoms with Gasteiger partial charge in [0, 0.05) is 50.5 Å². The Morgan fingerprint density at radius 2 is 1.79 bits per heavy atom. The summed E-state index contributed by atoms with van der Waals surface area (Å²) in [6.45, 7) is 4.23. The van der Waals surface area contributed by atoms with Gasteiger partial charge in [-0.3, -0.25) is 0 Å². The molecule has 0 bridgehead atoms. The summed E-state index contributed by atoms with van der Waals surface area (Å²) in [5, 5.41) is 3.09. The van der Waals surface area contributed by atoms with Gasteiger partial charge in [-0.1, -0.05) is 0 Å². The molecule has 0 atom stereocenters. The zero-order valence-electron chi connectivity index (χ0n) is 10.6. The number of piperazine rings is 1. The summed E-state index contributed by atoms with van der Waals surface area (Å²) in [5.74, 6) is 0.809. The number of nitrogens with zero attached hydrogens (tertiary/aromatic N) is 5. The first kappa shape index (κ1) is 12.3. The smallest absolute Gasteiger partial charge is 0.225 e. The summed E-state index contributed by atoms with van der Waals surface area (Å²) in [7, 11) is 0. The van der Waals surface area contributed by atoms with Gasteiger partial charge in [0.2, 0.25) is 5.95 Å². The topological polar surface area (TPSA) is 71.2 Å². The molecule has 7 heteroatoms. The van der Waals surface area contributed by atoms with Crippen molar-refractivity contribution >= 4 is 22.4 Å². The number of anilines is 2. The van der Waals surface area contributed by atoms with E-state index < -0.39 is 0 Å². The van der Waals surface area contributed by atoms with Crippen LogP contribution in [0.25, 0.3) is 0 Å². The first-order chi connectivity index (χ1) is 9.36. The number of hydrogen-bond donors (Lipinski definition) is 1. The van der Waals surface area contributed by atoms with Crippen LogP contribution in [0.5, 0.6) is 0 Å². The SMILES string of the molecule is NCc1csc(N2CCN(c3ncccn3)CC2)n1. The minimum Gasteiger partial charge on any atom is -0.345 e. The third-order valence-electron chi connectivity index (χ3n) is 3.13. The predicted octanol–water partition coefficient (Wildman–Crippen LogP) is 0.718. The number of aromatic nitrogens is 3. The monoisotopic (exact) mass is 276 g/mol. The van der Waals surface area contributed by atoms with Gasteiger partial charge in [0.1, 0.15) is 0 Å². The number of hydrogen-bond acceptors (Lipinski definition) is 7. The Hall–Kier alpha value is -1.73. The van der Waals surface area contributed by atoms with E-state index in [9.17, 15) is 0 Å². The second-order valence-corrected chi connectivity index (χ2v) is 5.18. The van der Waals surface area contributed by atoms with Crippen molar-refractivity contribution in [2.24, 2.45) is 5.73 Å². The summed E-state index contributed by atoms with van der Waals surface area (Å²) in [4.78, 5) is 17.6. The molecule has 0 radical (unpaired) electrons. The van der Waals surface area contributed by atoms with Crippen LogP contribution in [0.2, 0.25) is 0 Å². The lowest BCUT2D eigenvalue weighted by Crippen LogP contribution is -2.47. The van der Waals surface area contributed by atoms with Crippen LogP contribution in [0.3, 0.4) is 0 Å². The Balaban J connectivity index is 1.63. The second-order valence-electron chi connectivity index (χ2n) is 4.35. The van der Waals surface area contributed by atoms with E-state index in [0.717, 1.165) is 43.0 Å². The van der Waals surface area contributed by atoms with Crippen LogP contribution in [-0.4, -0.2) is 41.1 Å². The fourth-order valence-corrected chi connectivity index (χ4v) is 2.98. The standard InChI is InChI=1S/C12H16N6S/c13-8-10-9-19-12(16-10)18-6-4-17(5-7-18)11-14-2-1-3-15-11/h1-3,9H,4-8,13H2. The first-order valence-electron chi connectivity index (χ1n) is 6.28. The van der Waals surface area contributed by atoms with E-state index in [-0.39, 0.29) is 0 Å². The Kier molecular flexibility index (Phi) is 3.56. The zero-order chi connectivity index (χ0) is 13.1. The quantitative estimate of drug-likeness (QED) is 0.890. The van der Waals surface area contributed by atoms with Gasteiger partial charge in [-0.05, 0) is 6.07 Å². The molecule has 2 aromatic heterocycles. The van der Waals surface area contributed by atoms with Gasteiger partial charge >= 0.3 is 0 Å². The molecule has 1 saturated heterocycles. The molecular weight excluding hydrogens is 260 g/mol. The van der Waals surface area contributed by atoms with E-state index in [1.54, 1.807) is 23.7 Å². The van der Waals surface area contributed by atoms with Crippen LogP contribution in [0.1, 0.15) is 5.69 Å². The molecule has 0 amide bonds. The number of thiazole rings is 1. The molecule has 19 heavy (non-hydrogen) atoms. The van der Waals surface area contributed by atoms with Crippen molar-refractivity contribution < 1.29 is 0 Å². The molecule has 0 aromatic carbocycles. The number of rotatable bonds is 3. The third kappa shape index (κ3) is 2.66. The van der Waals surface area contributed by atoms with E-state index in [0.29, 0.717) is 6.54 Å². The minimum atomic E-state index is 0.508. The Morgan fingerprint density at radius 1 is 1.11 bits per heavy atom. The van der Waals surface area contributed by atoms with Gasteiger partial charge in [0.15, 0.2) is 5.13 Å². The molecule has 0 spiro atoms. The molecule has 0 unspecified atom stereocenters. The lowest BCUT2D eigenvalue weighted by molar-refractivity contribution is 0.638. The average Bonchev–Trinajstić information content (AvgIpc) is 2.97. The summed E-state index contributed by atoms with van der Waals surface area (Å²) < 4.78 is 0. The Bertz CT molecular complexity index is 520. The molecule has 0 saturated carbocycles.